The summed E-state index contributed by atoms with van der Waals surface area (Å²) in [6.45, 7) is 0. The van der Waals surface area contributed by atoms with Crippen LogP contribution in [0.3, 0.4) is 0 Å². The van der Waals surface area contributed by atoms with Gasteiger partial charge in [0, 0.05) is 25.9 Å². The van der Waals surface area contributed by atoms with Crippen LogP contribution in [0.4, 0.5) is 0 Å². The summed E-state index contributed by atoms with van der Waals surface area (Å²) in [6, 6.07) is 11.1. The molecule has 178 valence electrons. The third-order valence-corrected chi connectivity index (χ3v) is 6.13. The van der Waals surface area contributed by atoms with Gasteiger partial charge in [-0.1, -0.05) is 41.4 Å². The molecule has 0 aliphatic rings. The molecule has 0 spiro atoms. The number of nitrogens with zero attached hydrogens (tertiary/aromatic N) is 3. The summed E-state index contributed by atoms with van der Waals surface area (Å²) >= 11 is 12.1. The molecule has 1 amide bonds. The van der Waals surface area contributed by atoms with Gasteiger partial charge in [0.15, 0.2) is 0 Å². The lowest BCUT2D eigenvalue weighted by Crippen LogP contribution is -2.42. The van der Waals surface area contributed by atoms with E-state index in [1.807, 2.05) is 0 Å². The highest BCUT2D eigenvalue weighted by atomic mass is 35.5. The predicted molar refractivity (Wildman–Crippen MR) is 132 cm³/mol. The summed E-state index contributed by atoms with van der Waals surface area (Å²) in [6.07, 6.45) is 2.84. The number of hydrogen-bond acceptors (Lipinski definition) is 5. The molecular weight excluding hydrogens is 495 g/mol. The molecule has 0 unspecified atom stereocenters. The standard InChI is InChI=1S/C24H18Cl2N4O5/c1-29-19-9-10-27-12-15(19)22(32)30(24(29)35)14-7-5-13(6-8-14)11-18(23(33)34)28-21(31)20-16(25)3-2-4-17(20)26/h2-10,12,18H,11H2,1H3,(H,28,31)(H,33,34)/t18-/m0/s1. The van der Waals surface area contributed by atoms with Crippen molar-refractivity contribution in [2.24, 2.45) is 7.05 Å². The molecule has 2 N–H and O–H groups in total. The molecule has 0 radical (unpaired) electrons. The second kappa shape index (κ2) is 9.73. The quantitative estimate of drug-likeness (QED) is 0.409. The van der Waals surface area contributed by atoms with Gasteiger partial charge in [-0.25, -0.2) is 14.2 Å². The number of benzene rings is 2. The molecule has 0 saturated heterocycles. The first-order valence-corrected chi connectivity index (χ1v) is 11.1. The van der Waals surface area contributed by atoms with Gasteiger partial charge in [-0.15, -0.1) is 0 Å². The number of carbonyl (C=O) groups excluding carboxylic acids is 1. The van der Waals surface area contributed by atoms with Crippen molar-refractivity contribution in [3.63, 3.8) is 0 Å². The average Bonchev–Trinajstić information content (AvgIpc) is 2.83. The minimum absolute atomic E-state index is 0.0153. The first-order valence-electron chi connectivity index (χ1n) is 10.3. The van der Waals surface area contributed by atoms with E-state index in [4.69, 9.17) is 23.2 Å². The predicted octanol–water partition coefficient (Wildman–Crippen LogP) is 2.82. The number of carbonyl (C=O) groups is 2. The number of fused-ring (bicyclic) bond motifs is 1. The zero-order valence-electron chi connectivity index (χ0n) is 18.2. The smallest absolute Gasteiger partial charge is 0.335 e. The normalized spacial score (nSPS) is 11.9. The van der Waals surface area contributed by atoms with E-state index in [0.29, 0.717) is 16.8 Å². The molecule has 2 aromatic heterocycles. The molecule has 0 aliphatic carbocycles. The van der Waals surface area contributed by atoms with Gasteiger partial charge in [-0.3, -0.25) is 19.1 Å². The van der Waals surface area contributed by atoms with Crippen molar-refractivity contribution in [2.45, 2.75) is 12.5 Å². The number of carboxylic acids is 1. The Morgan fingerprint density at radius 3 is 2.34 bits per heavy atom. The monoisotopic (exact) mass is 512 g/mol. The maximum atomic E-state index is 12.9. The van der Waals surface area contributed by atoms with E-state index in [1.165, 1.54) is 41.2 Å². The second-order valence-electron chi connectivity index (χ2n) is 7.71. The molecule has 0 saturated carbocycles. The number of amides is 1. The van der Waals surface area contributed by atoms with Crippen molar-refractivity contribution in [3.8, 4) is 5.69 Å². The van der Waals surface area contributed by atoms with Crippen LogP contribution in [-0.4, -0.2) is 37.1 Å². The summed E-state index contributed by atoms with van der Waals surface area (Å²) in [5.41, 5.74) is 0.257. The highest BCUT2D eigenvalue weighted by molar-refractivity contribution is 6.39. The van der Waals surface area contributed by atoms with E-state index < -0.39 is 29.2 Å². The molecule has 1 atom stereocenters. The lowest BCUT2D eigenvalue weighted by Gasteiger charge is -2.16. The van der Waals surface area contributed by atoms with E-state index in [1.54, 1.807) is 31.3 Å². The van der Waals surface area contributed by atoms with Crippen LogP contribution in [0.25, 0.3) is 16.6 Å². The molecule has 0 aliphatic heterocycles. The summed E-state index contributed by atoms with van der Waals surface area (Å²) < 4.78 is 2.37. The third-order valence-electron chi connectivity index (χ3n) is 5.50. The highest BCUT2D eigenvalue weighted by Gasteiger charge is 2.24. The summed E-state index contributed by atoms with van der Waals surface area (Å²) in [5, 5.41) is 12.5. The van der Waals surface area contributed by atoms with Gasteiger partial charge < -0.3 is 10.4 Å². The maximum absolute atomic E-state index is 12.9. The van der Waals surface area contributed by atoms with Gasteiger partial charge in [-0.05, 0) is 35.9 Å². The van der Waals surface area contributed by atoms with Crippen molar-refractivity contribution < 1.29 is 14.7 Å². The van der Waals surface area contributed by atoms with Crippen LogP contribution in [0.5, 0.6) is 0 Å². The Kier molecular flexibility index (Phi) is 6.72. The first-order chi connectivity index (χ1) is 16.7. The van der Waals surface area contributed by atoms with Crippen molar-refractivity contribution in [2.75, 3.05) is 0 Å². The lowest BCUT2D eigenvalue weighted by atomic mass is 10.0. The summed E-state index contributed by atoms with van der Waals surface area (Å²) in [7, 11) is 1.56. The fourth-order valence-corrected chi connectivity index (χ4v) is 4.26. The number of halogens is 2. The van der Waals surface area contributed by atoms with Gasteiger partial charge in [0.25, 0.3) is 11.5 Å². The summed E-state index contributed by atoms with van der Waals surface area (Å²) in [5.74, 6) is -1.97. The SMILES string of the molecule is Cn1c(=O)n(-c2ccc(C[C@H](NC(=O)c3c(Cl)cccc3Cl)C(=O)O)cc2)c(=O)c2cnccc21. The van der Waals surface area contributed by atoms with Crippen LogP contribution in [-0.2, 0) is 18.3 Å². The van der Waals surface area contributed by atoms with Gasteiger partial charge in [-0.2, -0.15) is 0 Å². The Bertz CT molecular complexity index is 1560. The number of hydrogen-bond donors (Lipinski definition) is 2. The Hall–Kier alpha value is -3.95. The Balaban J connectivity index is 1.61. The Morgan fingerprint density at radius 2 is 1.71 bits per heavy atom. The number of aromatic nitrogens is 3. The number of pyridine rings is 1. The van der Waals surface area contributed by atoms with Crippen LogP contribution in [0.1, 0.15) is 15.9 Å². The van der Waals surface area contributed by atoms with E-state index >= 15 is 0 Å². The topological polar surface area (TPSA) is 123 Å². The van der Waals surface area contributed by atoms with E-state index in [0.717, 1.165) is 4.57 Å². The lowest BCUT2D eigenvalue weighted by molar-refractivity contribution is -0.139. The Labute approximate surface area is 208 Å². The zero-order chi connectivity index (χ0) is 25.3. The molecule has 2 aromatic carbocycles. The van der Waals surface area contributed by atoms with Crippen LogP contribution in [0.2, 0.25) is 10.0 Å². The fraction of sp³-hybridized carbons (Fsp3) is 0.125. The van der Waals surface area contributed by atoms with Gasteiger partial charge in [0.1, 0.15) is 6.04 Å². The number of aryl methyl sites for hydroxylation is 1. The van der Waals surface area contributed by atoms with Crippen LogP contribution in [0, 0.1) is 0 Å². The minimum atomic E-state index is -1.27. The van der Waals surface area contributed by atoms with E-state index in [-0.39, 0.29) is 27.4 Å². The Morgan fingerprint density at radius 1 is 1.06 bits per heavy atom. The molecular formula is C24H18Cl2N4O5. The highest BCUT2D eigenvalue weighted by Crippen LogP contribution is 2.24. The zero-order valence-corrected chi connectivity index (χ0v) is 19.7. The average molecular weight is 513 g/mol. The van der Waals surface area contributed by atoms with Crippen LogP contribution >= 0.6 is 23.2 Å². The number of rotatable bonds is 6. The van der Waals surface area contributed by atoms with Gasteiger partial charge >= 0.3 is 11.7 Å². The van der Waals surface area contributed by atoms with Crippen molar-refractivity contribution in [3.05, 3.63) is 103 Å². The first kappa shape index (κ1) is 24.2. The number of carboxylic acid groups (broad SMARTS) is 1. The van der Waals surface area contributed by atoms with Crippen LogP contribution < -0.4 is 16.6 Å². The van der Waals surface area contributed by atoms with Crippen molar-refractivity contribution in [1.29, 1.82) is 0 Å². The molecule has 0 bridgehead atoms. The van der Waals surface area contributed by atoms with Gasteiger partial charge in [0.2, 0.25) is 0 Å². The number of aliphatic carboxylic acids is 1. The van der Waals surface area contributed by atoms with E-state index in [2.05, 4.69) is 10.3 Å². The van der Waals surface area contributed by atoms with Gasteiger partial charge in [0.05, 0.1) is 32.2 Å². The second-order valence-corrected chi connectivity index (χ2v) is 8.52. The van der Waals surface area contributed by atoms with Crippen molar-refractivity contribution >= 4 is 46.0 Å². The summed E-state index contributed by atoms with van der Waals surface area (Å²) in [4.78, 5) is 54.1. The largest absolute Gasteiger partial charge is 0.480 e. The molecule has 11 heteroatoms. The number of nitrogens with one attached hydrogen (secondary N) is 1. The molecule has 9 nitrogen and oxygen atoms in total. The third kappa shape index (κ3) is 4.68. The molecule has 0 fully saturated rings. The van der Waals surface area contributed by atoms with Crippen molar-refractivity contribution in [1.82, 2.24) is 19.4 Å². The fourth-order valence-electron chi connectivity index (χ4n) is 3.69. The molecule has 4 aromatic rings. The molecule has 2 heterocycles. The molecule has 35 heavy (non-hydrogen) atoms. The molecule has 4 rings (SSSR count). The van der Waals surface area contributed by atoms with Crippen LogP contribution in [0.15, 0.2) is 70.5 Å². The minimum Gasteiger partial charge on any atom is -0.480 e. The maximum Gasteiger partial charge on any atom is 0.335 e. The van der Waals surface area contributed by atoms with E-state index in [9.17, 15) is 24.3 Å².